The van der Waals surface area contributed by atoms with Crippen LogP contribution in [0.1, 0.15) is 27.7 Å². The zero-order valence-electron chi connectivity index (χ0n) is 11.6. The molecule has 2 aromatic rings. The molecule has 2 nitrogen and oxygen atoms in total. The summed E-state index contributed by atoms with van der Waals surface area (Å²) in [7, 11) is 0. The van der Waals surface area contributed by atoms with Gasteiger partial charge in [-0.25, -0.2) is 0 Å². The first kappa shape index (κ1) is 14.5. The van der Waals surface area contributed by atoms with E-state index >= 15 is 0 Å². The van der Waals surface area contributed by atoms with Gasteiger partial charge in [-0.05, 0) is 45.9 Å². The van der Waals surface area contributed by atoms with Crippen molar-refractivity contribution in [3.63, 3.8) is 0 Å². The summed E-state index contributed by atoms with van der Waals surface area (Å²) in [5.41, 5.74) is 0.929. The summed E-state index contributed by atoms with van der Waals surface area (Å²) in [5, 5.41) is 2.78. The van der Waals surface area contributed by atoms with Crippen molar-refractivity contribution in [1.29, 1.82) is 0 Å². The van der Waals surface area contributed by atoms with E-state index in [1.807, 2.05) is 23.6 Å². The Bertz CT molecular complexity index is 640. The summed E-state index contributed by atoms with van der Waals surface area (Å²) >= 11 is 5.07. The Hall–Kier alpha value is -0.870. The molecule has 0 spiro atoms. The van der Waals surface area contributed by atoms with E-state index in [1.54, 1.807) is 11.3 Å². The zero-order valence-corrected chi connectivity index (χ0v) is 14.0. The quantitative estimate of drug-likeness (QED) is 0.811. The lowest BCUT2D eigenvalue weighted by Crippen LogP contribution is -2.39. The molecule has 0 fully saturated rings. The third-order valence-electron chi connectivity index (χ3n) is 3.11. The highest BCUT2D eigenvalue weighted by Crippen LogP contribution is 2.26. The topological polar surface area (TPSA) is 20.3 Å². The third-order valence-corrected chi connectivity index (χ3v) is 4.55. The molecule has 0 aliphatic heterocycles. The number of fused-ring (bicyclic) bond motifs is 1. The Balaban J connectivity index is 2.68. The van der Waals surface area contributed by atoms with E-state index in [2.05, 4.69) is 48.5 Å². The van der Waals surface area contributed by atoms with Crippen molar-refractivity contribution in [1.82, 2.24) is 0 Å². The first-order valence-corrected chi connectivity index (χ1v) is 8.08. The molecule has 0 bridgehead atoms. The monoisotopic (exact) mass is 339 g/mol. The lowest BCUT2D eigenvalue weighted by molar-refractivity contribution is 0.607. The van der Waals surface area contributed by atoms with Crippen LogP contribution in [0.2, 0.25) is 0 Å². The van der Waals surface area contributed by atoms with Gasteiger partial charge in [0.15, 0.2) is 0 Å². The number of benzene rings is 1. The predicted molar refractivity (Wildman–Crippen MR) is 88.5 cm³/mol. The number of halogens is 1. The highest BCUT2D eigenvalue weighted by atomic mass is 79.9. The number of nitrogens with zero attached hydrogens (tertiary/aromatic N) is 1. The lowest BCUT2D eigenvalue weighted by atomic mass is 10.2. The predicted octanol–water partition coefficient (Wildman–Crippen LogP) is 4.65. The van der Waals surface area contributed by atoms with Crippen LogP contribution in [0, 0.1) is 0 Å². The molecule has 0 amide bonds. The minimum atomic E-state index is 0.123. The standard InChI is InChI=1S/C15H18BrNOS/c1-9(2)17(10(3)4)13-8-19-14-6-5-11(16)7-12(14)15(13)18/h5-10H,1-4H3. The summed E-state index contributed by atoms with van der Waals surface area (Å²) in [5.74, 6) is 0. The number of hydrogen-bond acceptors (Lipinski definition) is 3. The van der Waals surface area contributed by atoms with Crippen LogP contribution in [0.15, 0.2) is 32.8 Å². The molecule has 19 heavy (non-hydrogen) atoms. The molecular weight excluding hydrogens is 322 g/mol. The maximum Gasteiger partial charge on any atom is 0.211 e. The van der Waals surface area contributed by atoms with Crippen LogP contribution in [-0.2, 0) is 0 Å². The number of anilines is 1. The second-order valence-electron chi connectivity index (χ2n) is 5.19. The van der Waals surface area contributed by atoms with Gasteiger partial charge in [0.1, 0.15) is 0 Å². The van der Waals surface area contributed by atoms with Gasteiger partial charge in [0.25, 0.3) is 0 Å². The van der Waals surface area contributed by atoms with Crippen LogP contribution in [0.4, 0.5) is 5.69 Å². The van der Waals surface area contributed by atoms with Crippen molar-refractivity contribution in [3.8, 4) is 0 Å². The van der Waals surface area contributed by atoms with Gasteiger partial charge in [-0.3, -0.25) is 4.79 Å². The number of rotatable bonds is 3. The van der Waals surface area contributed by atoms with Crippen LogP contribution < -0.4 is 10.3 Å². The molecule has 0 saturated heterocycles. The van der Waals surface area contributed by atoms with Crippen molar-refractivity contribution >= 4 is 43.0 Å². The van der Waals surface area contributed by atoms with E-state index < -0.39 is 0 Å². The molecule has 4 heteroatoms. The molecule has 102 valence electrons. The first-order valence-electron chi connectivity index (χ1n) is 6.41. The SMILES string of the molecule is CC(C)N(c1csc2ccc(Br)cc2c1=O)C(C)C. The van der Waals surface area contributed by atoms with Crippen LogP contribution in [0.5, 0.6) is 0 Å². The van der Waals surface area contributed by atoms with Gasteiger partial charge in [0.2, 0.25) is 5.43 Å². The van der Waals surface area contributed by atoms with Crippen LogP contribution in [-0.4, -0.2) is 12.1 Å². The number of hydrogen-bond donors (Lipinski definition) is 0. The Morgan fingerprint density at radius 3 is 2.37 bits per heavy atom. The van der Waals surface area contributed by atoms with E-state index in [1.165, 1.54) is 0 Å². The van der Waals surface area contributed by atoms with Crippen molar-refractivity contribution in [3.05, 3.63) is 38.3 Å². The van der Waals surface area contributed by atoms with Gasteiger partial charge < -0.3 is 4.90 Å². The second-order valence-corrected chi connectivity index (χ2v) is 7.01. The van der Waals surface area contributed by atoms with Gasteiger partial charge >= 0.3 is 0 Å². The maximum absolute atomic E-state index is 12.7. The zero-order chi connectivity index (χ0) is 14.2. The Morgan fingerprint density at radius 2 is 1.79 bits per heavy atom. The summed E-state index contributed by atoms with van der Waals surface area (Å²) in [6.45, 7) is 8.48. The first-order chi connectivity index (χ1) is 8.91. The summed E-state index contributed by atoms with van der Waals surface area (Å²) in [6.07, 6.45) is 0. The summed E-state index contributed by atoms with van der Waals surface area (Å²) in [4.78, 5) is 14.9. The largest absolute Gasteiger partial charge is 0.363 e. The Labute approximate surface area is 126 Å². The minimum Gasteiger partial charge on any atom is -0.363 e. The van der Waals surface area contributed by atoms with Crippen molar-refractivity contribution in [2.45, 2.75) is 39.8 Å². The molecule has 0 unspecified atom stereocenters. The normalized spacial score (nSPS) is 11.5. The van der Waals surface area contributed by atoms with Gasteiger partial charge in [-0.15, -0.1) is 11.3 Å². The third kappa shape index (κ3) is 2.84. The fourth-order valence-corrected chi connectivity index (χ4v) is 3.68. The molecule has 0 radical (unpaired) electrons. The van der Waals surface area contributed by atoms with E-state index in [0.717, 1.165) is 20.2 Å². The fraction of sp³-hybridized carbons (Fsp3) is 0.400. The molecule has 1 aromatic carbocycles. The molecule has 0 aliphatic rings. The molecule has 0 aliphatic carbocycles. The highest BCUT2D eigenvalue weighted by Gasteiger charge is 2.18. The van der Waals surface area contributed by atoms with Crippen LogP contribution in [0.25, 0.3) is 10.1 Å². The summed E-state index contributed by atoms with van der Waals surface area (Å²) < 4.78 is 1.98. The van der Waals surface area contributed by atoms with Crippen LogP contribution in [0.3, 0.4) is 0 Å². The van der Waals surface area contributed by atoms with Gasteiger partial charge in [-0.1, -0.05) is 15.9 Å². The second kappa shape index (κ2) is 5.63. The average molecular weight is 340 g/mol. The molecule has 0 atom stereocenters. The van der Waals surface area contributed by atoms with Crippen molar-refractivity contribution in [2.24, 2.45) is 0 Å². The minimum absolute atomic E-state index is 0.123. The highest BCUT2D eigenvalue weighted by molar-refractivity contribution is 9.10. The van der Waals surface area contributed by atoms with E-state index in [4.69, 9.17) is 0 Å². The Morgan fingerprint density at radius 1 is 1.16 bits per heavy atom. The van der Waals surface area contributed by atoms with Crippen LogP contribution >= 0.6 is 27.3 Å². The van der Waals surface area contributed by atoms with Gasteiger partial charge in [0, 0.05) is 32.0 Å². The van der Waals surface area contributed by atoms with E-state index in [9.17, 15) is 4.79 Å². The molecule has 0 N–H and O–H groups in total. The van der Waals surface area contributed by atoms with Gasteiger partial charge in [-0.2, -0.15) is 0 Å². The fourth-order valence-electron chi connectivity index (χ4n) is 2.42. The maximum atomic E-state index is 12.7. The molecule has 0 saturated carbocycles. The summed E-state index contributed by atoms with van der Waals surface area (Å²) in [6, 6.07) is 6.50. The molecule has 1 heterocycles. The van der Waals surface area contributed by atoms with Crippen molar-refractivity contribution < 1.29 is 0 Å². The molecule has 2 rings (SSSR count). The molecular formula is C15H18BrNOS. The smallest absolute Gasteiger partial charge is 0.211 e. The molecule has 1 aromatic heterocycles. The van der Waals surface area contributed by atoms with Crippen molar-refractivity contribution in [2.75, 3.05) is 4.90 Å². The Kier molecular flexibility index (Phi) is 4.31. The van der Waals surface area contributed by atoms with E-state index in [-0.39, 0.29) is 5.43 Å². The lowest BCUT2D eigenvalue weighted by Gasteiger charge is -2.32. The van der Waals surface area contributed by atoms with Gasteiger partial charge in [0.05, 0.1) is 5.69 Å². The van der Waals surface area contributed by atoms with E-state index in [0.29, 0.717) is 12.1 Å². The average Bonchev–Trinajstić information content (AvgIpc) is 2.32.